The van der Waals surface area contributed by atoms with Gasteiger partial charge in [-0.1, -0.05) is 18.2 Å². The lowest BCUT2D eigenvalue weighted by molar-refractivity contribution is -0.160. The van der Waals surface area contributed by atoms with Crippen molar-refractivity contribution < 1.29 is 32.2 Å². The quantitative estimate of drug-likeness (QED) is 0.820. The highest BCUT2D eigenvalue weighted by Gasteiger charge is 2.29. The highest BCUT2D eigenvalue weighted by atomic mass is 19.4. The van der Waals surface area contributed by atoms with Crippen LogP contribution in [0.5, 0.6) is 5.75 Å². The topological polar surface area (TPSA) is 76.7 Å². The monoisotopic (exact) mass is 370 g/mol. The van der Waals surface area contributed by atoms with Crippen molar-refractivity contribution in [3.05, 3.63) is 42.0 Å². The summed E-state index contributed by atoms with van der Waals surface area (Å²) in [6, 6.07) is 11.2. The molecule has 0 unspecified atom stereocenters. The molecule has 140 valence electrons. The first-order chi connectivity index (χ1) is 12.3. The minimum Gasteiger partial charge on any atom is -0.497 e. The SMILES string of the molecule is COc1ccc2cc(CNC(=O)CNC(=O)OCC(F)(F)F)ccc2c1. The molecule has 0 saturated heterocycles. The van der Waals surface area contributed by atoms with Crippen LogP contribution in [0.2, 0.25) is 0 Å². The molecule has 2 aromatic rings. The van der Waals surface area contributed by atoms with Crippen LogP contribution < -0.4 is 15.4 Å². The van der Waals surface area contributed by atoms with Gasteiger partial charge in [0.1, 0.15) is 12.3 Å². The molecule has 2 N–H and O–H groups in total. The van der Waals surface area contributed by atoms with Gasteiger partial charge in [-0.15, -0.1) is 0 Å². The minimum absolute atomic E-state index is 0.208. The Balaban J connectivity index is 1.80. The van der Waals surface area contributed by atoms with Crippen LogP contribution in [0, 0.1) is 0 Å². The molecule has 0 bridgehead atoms. The smallest absolute Gasteiger partial charge is 0.422 e. The third-order valence-corrected chi connectivity index (χ3v) is 3.36. The molecule has 0 atom stereocenters. The van der Waals surface area contributed by atoms with E-state index in [0.717, 1.165) is 22.1 Å². The molecule has 2 rings (SSSR count). The van der Waals surface area contributed by atoms with Gasteiger partial charge in [-0.25, -0.2) is 4.79 Å². The summed E-state index contributed by atoms with van der Waals surface area (Å²) in [6.07, 6.45) is -5.92. The van der Waals surface area contributed by atoms with Crippen molar-refractivity contribution in [3.63, 3.8) is 0 Å². The first-order valence-corrected chi connectivity index (χ1v) is 7.57. The van der Waals surface area contributed by atoms with Crippen LogP contribution in [0.25, 0.3) is 10.8 Å². The number of benzene rings is 2. The maximum absolute atomic E-state index is 11.9. The lowest BCUT2D eigenvalue weighted by atomic mass is 10.1. The molecule has 2 aromatic carbocycles. The number of rotatable bonds is 6. The van der Waals surface area contributed by atoms with E-state index in [4.69, 9.17) is 4.74 Å². The molecule has 0 saturated carbocycles. The van der Waals surface area contributed by atoms with Gasteiger partial charge in [0.2, 0.25) is 5.91 Å². The molecular weight excluding hydrogens is 353 g/mol. The van der Waals surface area contributed by atoms with Crippen molar-refractivity contribution in [1.29, 1.82) is 0 Å². The van der Waals surface area contributed by atoms with Gasteiger partial charge >= 0.3 is 12.3 Å². The average molecular weight is 370 g/mol. The third kappa shape index (κ3) is 6.15. The Bertz CT molecular complexity index is 793. The van der Waals surface area contributed by atoms with Gasteiger partial charge < -0.3 is 20.1 Å². The lowest BCUT2D eigenvalue weighted by Crippen LogP contribution is -2.37. The second-order valence-electron chi connectivity index (χ2n) is 5.37. The first kappa shape index (κ1) is 19.4. The minimum atomic E-state index is -4.61. The maximum Gasteiger partial charge on any atom is 0.422 e. The highest BCUT2D eigenvalue weighted by Crippen LogP contribution is 2.21. The van der Waals surface area contributed by atoms with Crippen molar-refractivity contribution >= 4 is 22.8 Å². The van der Waals surface area contributed by atoms with E-state index in [1.807, 2.05) is 41.7 Å². The van der Waals surface area contributed by atoms with Crippen molar-refractivity contribution in [3.8, 4) is 5.75 Å². The molecule has 0 radical (unpaired) electrons. The summed E-state index contributed by atoms with van der Waals surface area (Å²) in [4.78, 5) is 22.7. The first-order valence-electron chi connectivity index (χ1n) is 7.57. The summed E-state index contributed by atoms with van der Waals surface area (Å²) in [6.45, 7) is -1.98. The maximum atomic E-state index is 11.9. The van der Waals surface area contributed by atoms with E-state index in [9.17, 15) is 22.8 Å². The molecule has 0 aliphatic heterocycles. The number of carbonyl (C=O) groups excluding carboxylic acids is 2. The molecule has 2 amide bonds. The number of amides is 2. The summed E-state index contributed by atoms with van der Waals surface area (Å²) < 4.78 is 44.7. The van der Waals surface area contributed by atoms with E-state index in [1.54, 1.807) is 7.11 Å². The summed E-state index contributed by atoms with van der Waals surface area (Å²) in [5.74, 6) is 0.186. The number of ether oxygens (including phenoxy) is 2. The lowest BCUT2D eigenvalue weighted by Gasteiger charge is -2.10. The standard InChI is InChI=1S/C17H17F3N2O4/c1-25-14-5-4-12-6-11(2-3-13(12)7-14)8-21-15(23)9-22-16(24)26-10-17(18,19)20/h2-7H,8-10H2,1H3,(H,21,23)(H,22,24). The molecule has 0 fully saturated rings. The van der Waals surface area contributed by atoms with Crippen molar-refractivity contribution in [2.45, 2.75) is 12.7 Å². The second kappa shape index (κ2) is 8.41. The fraction of sp³-hybridized carbons (Fsp3) is 0.294. The summed E-state index contributed by atoms with van der Waals surface area (Å²) >= 11 is 0. The average Bonchev–Trinajstić information content (AvgIpc) is 2.61. The van der Waals surface area contributed by atoms with Crippen molar-refractivity contribution in [2.75, 3.05) is 20.3 Å². The number of halogens is 3. The number of nitrogens with one attached hydrogen (secondary N) is 2. The molecule has 9 heteroatoms. The molecule has 0 heterocycles. The van der Waals surface area contributed by atoms with E-state index >= 15 is 0 Å². The van der Waals surface area contributed by atoms with Gasteiger partial charge in [-0.05, 0) is 34.5 Å². The van der Waals surface area contributed by atoms with E-state index in [2.05, 4.69) is 10.1 Å². The van der Waals surface area contributed by atoms with Gasteiger partial charge in [0, 0.05) is 6.54 Å². The van der Waals surface area contributed by atoms with Crippen molar-refractivity contribution in [2.24, 2.45) is 0 Å². The van der Waals surface area contributed by atoms with Crippen LogP contribution in [0.15, 0.2) is 36.4 Å². The largest absolute Gasteiger partial charge is 0.497 e. The van der Waals surface area contributed by atoms with Crippen LogP contribution in [-0.2, 0) is 16.1 Å². The Hall–Kier alpha value is -2.97. The van der Waals surface area contributed by atoms with Crippen LogP contribution in [0.3, 0.4) is 0 Å². The van der Waals surface area contributed by atoms with Gasteiger partial charge in [0.15, 0.2) is 6.61 Å². The van der Waals surface area contributed by atoms with E-state index in [0.29, 0.717) is 0 Å². The fourth-order valence-electron chi connectivity index (χ4n) is 2.12. The molecule has 0 aliphatic carbocycles. The summed E-state index contributed by atoms with van der Waals surface area (Å²) in [7, 11) is 1.58. The summed E-state index contributed by atoms with van der Waals surface area (Å²) in [5, 5.41) is 6.45. The van der Waals surface area contributed by atoms with Crippen LogP contribution in [0.1, 0.15) is 5.56 Å². The van der Waals surface area contributed by atoms with Crippen LogP contribution >= 0.6 is 0 Å². The zero-order chi connectivity index (χ0) is 19.2. The molecule has 0 aromatic heterocycles. The van der Waals surface area contributed by atoms with Gasteiger partial charge in [0.05, 0.1) is 7.11 Å². The van der Waals surface area contributed by atoms with Gasteiger partial charge in [-0.3, -0.25) is 4.79 Å². The molecule has 26 heavy (non-hydrogen) atoms. The third-order valence-electron chi connectivity index (χ3n) is 3.36. The fourth-order valence-corrected chi connectivity index (χ4v) is 2.12. The Kier molecular flexibility index (Phi) is 6.26. The Morgan fingerprint density at radius 2 is 1.73 bits per heavy atom. The molecular formula is C17H17F3N2O4. The number of hydrogen-bond donors (Lipinski definition) is 2. The van der Waals surface area contributed by atoms with E-state index in [1.165, 1.54) is 0 Å². The van der Waals surface area contributed by atoms with Crippen LogP contribution in [0.4, 0.5) is 18.0 Å². The number of carbonyl (C=O) groups is 2. The number of methoxy groups -OCH3 is 1. The summed E-state index contributed by atoms with van der Waals surface area (Å²) in [5.41, 5.74) is 0.829. The number of alkyl carbamates (subject to hydrolysis) is 1. The zero-order valence-electron chi connectivity index (χ0n) is 13.9. The Labute approximate surface area is 147 Å². The Morgan fingerprint density at radius 3 is 2.42 bits per heavy atom. The highest BCUT2D eigenvalue weighted by molar-refractivity contribution is 5.85. The van der Waals surface area contributed by atoms with Crippen LogP contribution in [-0.4, -0.2) is 38.4 Å². The van der Waals surface area contributed by atoms with E-state index in [-0.39, 0.29) is 6.54 Å². The van der Waals surface area contributed by atoms with Crippen molar-refractivity contribution in [1.82, 2.24) is 10.6 Å². The number of hydrogen-bond acceptors (Lipinski definition) is 4. The van der Waals surface area contributed by atoms with E-state index < -0.39 is 31.3 Å². The Morgan fingerprint density at radius 1 is 1.04 bits per heavy atom. The van der Waals surface area contributed by atoms with Gasteiger partial charge in [0.25, 0.3) is 0 Å². The number of alkyl halides is 3. The van der Waals surface area contributed by atoms with Gasteiger partial charge in [-0.2, -0.15) is 13.2 Å². The number of fused-ring (bicyclic) bond motifs is 1. The predicted molar refractivity (Wildman–Crippen MR) is 87.8 cm³/mol. The predicted octanol–water partition coefficient (Wildman–Crippen LogP) is 2.75. The zero-order valence-corrected chi connectivity index (χ0v) is 13.9. The molecule has 0 aliphatic rings. The normalized spacial score (nSPS) is 11.1. The second-order valence-corrected chi connectivity index (χ2v) is 5.37. The molecule has 0 spiro atoms. The molecule has 6 nitrogen and oxygen atoms in total.